The van der Waals surface area contributed by atoms with Gasteiger partial charge in [0.05, 0.1) is 30.7 Å². The number of nitriles is 1. The highest BCUT2D eigenvalue weighted by Gasteiger charge is 2.23. The number of rotatable bonds is 8. The fourth-order valence-corrected chi connectivity index (χ4v) is 5.20. The Hall–Kier alpha value is -4.28. The van der Waals surface area contributed by atoms with E-state index in [-0.39, 0.29) is 5.91 Å². The zero-order valence-corrected chi connectivity index (χ0v) is 23.8. The molecule has 0 saturated heterocycles. The average molecular weight is 538 g/mol. The van der Waals surface area contributed by atoms with E-state index in [9.17, 15) is 10.1 Å². The zero-order valence-electron chi connectivity index (χ0n) is 23.0. The van der Waals surface area contributed by atoms with Gasteiger partial charge in [0.15, 0.2) is 11.5 Å². The van der Waals surface area contributed by atoms with Crippen molar-refractivity contribution in [2.24, 2.45) is 0 Å². The number of hydrogen-bond donors (Lipinski definition) is 1. The van der Waals surface area contributed by atoms with Crippen LogP contribution < -0.4 is 14.8 Å². The molecule has 6 nitrogen and oxygen atoms in total. The fourth-order valence-electron chi connectivity index (χ4n) is 4.28. The van der Waals surface area contributed by atoms with Crippen molar-refractivity contribution < 1.29 is 14.3 Å². The molecule has 4 rings (SSSR count). The van der Waals surface area contributed by atoms with Crippen LogP contribution in [0.5, 0.6) is 11.5 Å². The first-order valence-corrected chi connectivity index (χ1v) is 13.4. The van der Waals surface area contributed by atoms with Gasteiger partial charge in [-0.15, -0.1) is 0 Å². The van der Waals surface area contributed by atoms with E-state index < -0.39 is 5.25 Å². The van der Waals surface area contributed by atoms with Gasteiger partial charge in [0.1, 0.15) is 11.1 Å². The molecule has 3 aromatic carbocycles. The first-order chi connectivity index (χ1) is 18.7. The number of nitrogens with one attached hydrogen (secondary N) is 1. The monoisotopic (exact) mass is 537 g/mol. The van der Waals surface area contributed by atoms with Crippen LogP contribution >= 0.6 is 11.8 Å². The average Bonchev–Trinajstić information content (AvgIpc) is 2.94. The molecule has 0 aliphatic carbocycles. The van der Waals surface area contributed by atoms with Crippen LogP contribution in [0.1, 0.15) is 29.2 Å². The molecular weight excluding hydrogens is 506 g/mol. The number of carbonyl (C=O) groups is 1. The lowest BCUT2D eigenvalue weighted by Gasteiger charge is -2.18. The third-order valence-electron chi connectivity index (χ3n) is 6.53. The number of para-hydroxylation sites is 1. The number of amides is 1. The first kappa shape index (κ1) is 27.7. The van der Waals surface area contributed by atoms with Crippen molar-refractivity contribution in [1.82, 2.24) is 4.98 Å². The van der Waals surface area contributed by atoms with Gasteiger partial charge in [0, 0.05) is 16.8 Å². The van der Waals surface area contributed by atoms with Gasteiger partial charge in [-0.2, -0.15) is 5.26 Å². The maximum absolute atomic E-state index is 13.2. The second-order valence-electron chi connectivity index (χ2n) is 9.30. The van der Waals surface area contributed by atoms with E-state index in [0.717, 1.165) is 33.5 Å². The third-order valence-corrected chi connectivity index (χ3v) is 7.61. The largest absolute Gasteiger partial charge is 0.493 e. The van der Waals surface area contributed by atoms with Gasteiger partial charge < -0.3 is 14.8 Å². The van der Waals surface area contributed by atoms with Crippen molar-refractivity contribution in [2.45, 2.75) is 38.0 Å². The molecule has 198 valence electrons. The second kappa shape index (κ2) is 12.1. The van der Waals surface area contributed by atoms with E-state index in [1.165, 1.54) is 11.8 Å². The summed E-state index contributed by atoms with van der Waals surface area (Å²) in [6, 6.07) is 23.8. The molecule has 1 atom stereocenters. The van der Waals surface area contributed by atoms with Gasteiger partial charge in [0.2, 0.25) is 5.91 Å². The number of methoxy groups -OCH3 is 2. The van der Waals surface area contributed by atoms with E-state index in [2.05, 4.69) is 11.4 Å². The maximum atomic E-state index is 13.2. The van der Waals surface area contributed by atoms with Crippen molar-refractivity contribution in [2.75, 3.05) is 19.5 Å². The maximum Gasteiger partial charge on any atom is 0.237 e. The van der Waals surface area contributed by atoms with Crippen molar-refractivity contribution in [1.29, 1.82) is 5.26 Å². The molecule has 0 unspecified atom stereocenters. The summed E-state index contributed by atoms with van der Waals surface area (Å²) in [6.07, 6.45) is 0. The van der Waals surface area contributed by atoms with Crippen molar-refractivity contribution in [3.8, 4) is 40.0 Å². The fraction of sp³-hybridized carbons (Fsp3) is 0.219. The van der Waals surface area contributed by atoms with E-state index in [1.807, 2.05) is 94.4 Å². The molecule has 0 bridgehead atoms. The van der Waals surface area contributed by atoms with E-state index in [4.69, 9.17) is 14.5 Å². The van der Waals surface area contributed by atoms with Crippen molar-refractivity contribution in [3.05, 3.63) is 89.0 Å². The molecule has 4 aromatic rings. The molecule has 0 aliphatic heterocycles. The van der Waals surface area contributed by atoms with Gasteiger partial charge >= 0.3 is 0 Å². The number of thioether (sulfide) groups is 1. The number of hydrogen-bond acceptors (Lipinski definition) is 6. The molecule has 0 aliphatic rings. The Bertz CT molecular complexity index is 1540. The predicted octanol–water partition coefficient (Wildman–Crippen LogP) is 7.35. The minimum Gasteiger partial charge on any atom is -0.493 e. The van der Waals surface area contributed by atoms with Crippen LogP contribution in [0.2, 0.25) is 0 Å². The van der Waals surface area contributed by atoms with Crippen LogP contribution in [-0.4, -0.2) is 30.4 Å². The lowest BCUT2D eigenvalue weighted by Crippen LogP contribution is -2.23. The SMILES string of the molecule is COc1ccc(-c2cc(-c3ccc(C)cc3)nc(S[C@H](C)C(=O)Nc3c(C)cccc3C)c2C#N)cc1OC. The highest BCUT2D eigenvalue weighted by Crippen LogP contribution is 2.39. The van der Waals surface area contributed by atoms with Crippen LogP contribution in [0.15, 0.2) is 71.8 Å². The molecule has 1 amide bonds. The van der Waals surface area contributed by atoms with E-state index >= 15 is 0 Å². The Labute approximate surface area is 234 Å². The molecule has 0 spiro atoms. The topological polar surface area (TPSA) is 84.2 Å². The van der Waals surface area contributed by atoms with Gasteiger partial charge in [-0.1, -0.05) is 65.9 Å². The summed E-state index contributed by atoms with van der Waals surface area (Å²) < 4.78 is 10.9. The smallest absolute Gasteiger partial charge is 0.237 e. The van der Waals surface area contributed by atoms with Gasteiger partial charge in [0.25, 0.3) is 0 Å². The summed E-state index contributed by atoms with van der Waals surface area (Å²) in [6.45, 7) is 7.79. The van der Waals surface area contributed by atoms with E-state index in [1.54, 1.807) is 14.2 Å². The molecular formula is C32H31N3O3S. The van der Waals surface area contributed by atoms with Crippen molar-refractivity contribution >= 4 is 23.4 Å². The minimum atomic E-state index is -0.505. The number of anilines is 1. The number of ether oxygens (including phenoxy) is 2. The molecule has 1 heterocycles. The Kier molecular flexibility index (Phi) is 8.58. The summed E-state index contributed by atoms with van der Waals surface area (Å²) in [5.41, 5.74) is 7.45. The highest BCUT2D eigenvalue weighted by molar-refractivity contribution is 8.00. The van der Waals surface area contributed by atoms with Crippen LogP contribution in [0.3, 0.4) is 0 Å². The van der Waals surface area contributed by atoms with Crippen molar-refractivity contribution in [3.63, 3.8) is 0 Å². The number of carbonyl (C=O) groups excluding carboxylic acids is 1. The first-order valence-electron chi connectivity index (χ1n) is 12.5. The molecule has 39 heavy (non-hydrogen) atoms. The summed E-state index contributed by atoms with van der Waals surface area (Å²) in [4.78, 5) is 18.1. The normalized spacial score (nSPS) is 11.4. The zero-order chi connectivity index (χ0) is 28.1. The summed E-state index contributed by atoms with van der Waals surface area (Å²) in [5, 5.41) is 13.3. The Balaban J connectivity index is 1.79. The number of aryl methyl sites for hydroxylation is 3. The molecule has 0 fully saturated rings. The number of benzene rings is 3. The summed E-state index contributed by atoms with van der Waals surface area (Å²) in [5.74, 6) is 0.999. The van der Waals surface area contributed by atoms with Crippen LogP contribution in [-0.2, 0) is 4.79 Å². The van der Waals surface area contributed by atoms with Gasteiger partial charge in [-0.3, -0.25) is 4.79 Å². The van der Waals surface area contributed by atoms with Crippen LogP contribution in [0.4, 0.5) is 5.69 Å². The molecule has 0 saturated carbocycles. The number of pyridine rings is 1. The minimum absolute atomic E-state index is 0.156. The van der Waals surface area contributed by atoms with E-state index in [0.29, 0.717) is 33.3 Å². The lowest BCUT2D eigenvalue weighted by molar-refractivity contribution is -0.115. The number of aromatic nitrogens is 1. The van der Waals surface area contributed by atoms with Gasteiger partial charge in [-0.05, 0) is 62.6 Å². The number of nitrogens with zero attached hydrogens (tertiary/aromatic N) is 2. The summed E-state index contributed by atoms with van der Waals surface area (Å²) in [7, 11) is 3.16. The Morgan fingerprint density at radius 2 is 1.56 bits per heavy atom. The Morgan fingerprint density at radius 1 is 0.923 bits per heavy atom. The standard InChI is InChI=1S/C32H31N3O3S/c1-19-10-12-23(13-11-19)27-17-25(24-14-15-28(37-5)29(16-24)38-6)26(18-33)32(34-27)39-22(4)31(36)35-30-20(2)8-7-9-21(30)3/h7-17,22H,1-6H3,(H,35,36)/t22-/m1/s1. The third kappa shape index (κ3) is 6.08. The summed E-state index contributed by atoms with van der Waals surface area (Å²) >= 11 is 1.27. The van der Waals surface area contributed by atoms with Gasteiger partial charge in [-0.25, -0.2) is 4.98 Å². The molecule has 1 N–H and O–H groups in total. The van der Waals surface area contributed by atoms with Crippen LogP contribution in [0, 0.1) is 32.1 Å². The molecule has 1 aromatic heterocycles. The molecule has 7 heteroatoms. The predicted molar refractivity (Wildman–Crippen MR) is 158 cm³/mol. The quantitative estimate of drug-likeness (QED) is 0.237. The van der Waals surface area contributed by atoms with Crippen LogP contribution in [0.25, 0.3) is 22.4 Å². The lowest BCUT2D eigenvalue weighted by atomic mass is 9.98. The second-order valence-corrected chi connectivity index (χ2v) is 10.6. The Morgan fingerprint density at radius 3 is 2.18 bits per heavy atom. The molecule has 0 radical (unpaired) electrons. The highest BCUT2D eigenvalue weighted by atomic mass is 32.2.